The summed E-state index contributed by atoms with van der Waals surface area (Å²) in [6, 6.07) is 9.89. The molecule has 2 aromatic rings. The van der Waals surface area contributed by atoms with Crippen LogP contribution in [-0.2, 0) is 19.1 Å². The number of methoxy groups -OCH3 is 2. The molecule has 2 N–H and O–H groups in total. The van der Waals surface area contributed by atoms with E-state index in [0.29, 0.717) is 48.7 Å². The summed E-state index contributed by atoms with van der Waals surface area (Å²) in [4.78, 5) is 65.2. The van der Waals surface area contributed by atoms with Gasteiger partial charge in [-0.25, -0.2) is 9.69 Å². The molecule has 4 rings (SSSR count). The van der Waals surface area contributed by atoms with E-state index in [9.17, 15) is 24.0 Å². The molecule has 200 valence electrons. The highest BCUT2D eigenvalue weighted by Crippen LogP contribution is 2.30. The largest absolute Gasteiger partial charge is 0.493 e. The number of nitrogens with zero attached hydrogens (tertiary/aromatic N) is 2. The average molecular weight is 524 g/mol. The normalized spacial score (nSPS) is 18.4. The summed E-state index contributed by atoms with van der Waals surface area (Å²) >= 11 is 0. The fourth-order valence-corrected chi connectivity index (χ4v) is 4.72. The fourth-order valence-electron chi connectivity index (χ4n) is 4.72. The molecule has 2 fully saturated rings. The standard InChI is InChI=1S/C27H29N3O8/c1-36-22-8-5-18(13-23(22)37-2)21(31)15-38-27(35)17-3-6-19(7-4-17)30-24(32)14-20(26(30)34)29-11-9-16(10-12-29)25(28)33/h3-8,13,16,20H,9-12,14-15H2,1-2H3,(H2,28,33). The highest BCUT2D eigenvalue weighted by Gasteiger charge is 2.43. The molecule has 2 aliphatic rings. The van der Waals surface area contributed by atoms with E-state index in [4.69, 9.17) is 19.9 Å². The Hall–Kier alpha value is -4.25. The zero-order chi connectivity index (χ0) is 27.4. The van der Waals surface area contributed by atoms with Crippen molar-refractivity contribution in [3.05, 3.63) is 53.6 Å². The Bertz CT molecular complexity index is 1250. The molecule has 1 unspecified atom stereocenters. The minimum atomic E-state index is -0.723. The maximum Gasteiger partial charge on any atom is 0.338 e. The number of esters is 1. The second-order valence-electron chi connectivity index (χ2n) is 9.12. The van der Waals surface area contributed by atoms with E-state index in [1.54, 1.807) is 12.1 Å². The van der Waals surface area contributed by atoms with E-state index in [-0.39, 0.29) is 35.6 Å². The number of carbonyl (C=O) groups excluding carboxylic acids is 5. The Labute approximate surface area is 219 Å². The van der Waals surface area contributed by atoms with E-state index in [0.717, 1.165) is 4.90 Å². The molecule has 2 heterocycles. The number of likely N-dealkylation sites (tertiary alicyclic amines) is 1. The van der Waals surface area contributed by atoms with Crippen LogP contribution in [-0.4, -0.2) is 74.3 Å². The first-order valence-electron chi connectivity index (χ1n) is 12.2. The Balaban J connectivity index is 1.35. The van der Waals surface area contributed by atoms with Crippen molar-refractivity contribution in [3.8, 4) is 11.5 Å². The Morgan fingerprint density at radius 2 is 1.55 bits per heavy atom. The van der Waals surface area contributed by atoms with Crippen molar-refractivity contribution < 1.29 is 38.2 Å². The number of hydrogen-bond donors (Lipinski definition) is 1. The van der Waals surface area contributed by atoms with Gasteiger partial charge in [-0.1, -0.05) is 0 Å². The molecule has 2 saturated heterocycles. The molecule has 11 heteroatoms. The zero-order valence-corrected chi connectivity index (χ0v) is 21.2. The number of hydrogen-bond acceptors (Lipinski definition) is 9. The van der Waals surface area contributed by atoms with Gasteiger partial charge in [-0.05, 0) is 68.4 Å². The lowest BCUT2D eigenvalue weighted by Gasteiger charge is -2.33. The summed E-state index contributed by atoms with van der Waals surface area (Å²) < 4.78 is 15.5. The molecule has 3 amide bonds. The van der Waals surface area contributed by atoms with E-state index >= 15 is 0 Å². The lowest BCUT2D eigenvalue weighted by molar-refractivity contribution is -0.124. The van der Waals surface area contributed by atoms with Gasteiger partial charge in [0, 0.05) is 11.5 Å². The van der Waals surface area contributed by atoms with Gasteiger partial charge >= 0.3 is 5.97 Å². The van der Waals surface area contributed by atoms with Gasteiger partial charge in [-0.3, -0.25) is 24.1 Å². The van der Waals surface area contributed by atoms with Crippen LogP contribution in [0.3, 0.4) is 0 Å². The number of rotatable bonds is 9. The molecule has 0 radical (unpaired) electrons. The molecular formula is C27H29N3O8. The zero-order valence-electron chi connectivity index (χ0n) is 21.2. The second kappa shape index (κ2) is 11.4. The Kier molecular flexibility index (Phi) is 8.06. The van der Waals surface area contributed by atoms with E-state index in [2.05, 4.69) is 0 Å². The molecule has 38 heavy (non-hydrogen) atoms. The number of ether oxygens (including phenoxy) is 3. The van der Waals surface area contributed by atoms with Crippen LogP contribution in [0.25, 0.3) is 0 Å². The van der Waals surface area contributed by atoms with Crippen LogP contribution < -0.4 is 20.1 Å². The summed E-state index contributed by atoms with van der Waals surface area (Å²) in [5, 5.41) is 0. The molecular weight excluding hydrogens is 494 g/mol. The van der Waals surface area contributed by atoms with Crippen LogP contribution in [0, 0.1) is 5.92 Å². The Morgan fingerprint density at radius 3 is 2.16 bits per heavy atom. The number of amides is 3. The van der Waals surface area contributed by atoms with Crippen molar-refractivity contribution in [2.24, 2.45) is 11.7 Å². The lowest BCUT2D eigenvalue weighted by atomic mass is 9.95. The summed E-state index contributed by atoms with van der Waals surface area (Å²) in [5.74, 6) is -1.54. The highest BCUT2D eigenvalue weighted by atomic mass is 16.5. The maximum atomic E-state index is 13.1. The highest BCUT2D eigenvalue weighted by molar-refractivity contribution is 6.22. The summed E-state index contributed by atoms with van der Waals surface area (Å²) in [6.07, 6.45) is 1.15. The number of ketones is 1. The average Bonchev–Trinajstić information content (AvgIpc) is 3.24. The summed E-state index contributed by atoms with van der Waals surface area (Å²) in [5.41, 5.74) is 6.18. The third kappa shape index (κ3) is 5.52. The quantitative estimate of drug-likeness (QED) is 0.294. The van der Waals surface area contributed by atoms with Crippen LogP contribution in [0.5, 0.6) is 11.5 Å². The molecule has 0 bridgehead atoms. The van der Waals surface area contributed by atoms with Gasteiger partial charge in [0.2, 0.25) is 11.8 Å². The van der Waals surface area contributed by atoms with E-state index in [1.807, 2.05) is 4.90 Å². The number of benzene rings is 2. The summed E-state index contributed by atoms with van der Waals surface area (Å²) in [7, 11) is 2.93. The van der Waals surface area contributed by atoms with Gasteiger partial charge in [0.25, 0.3) is 5.91 Å². The monoisotopic (exact) mass is 523 g/mol. The van der Waals surface area contributed by atoms with Crippen molar-refractivity contribution in [1.29, 1.82) is 0 Å². The van der Waals surface area contributed by atoms with Crippen molar-refractivity contribution in [1.82, 2.24) is 4.90 Å². The molecule has 0 aliphatic carbocycles. The van der Waals surface area contributed by atoms with Crippen molar-refractivity contribution in [2.75, 3.05) is 38.8 Å². The van der Waals surface area contributed by atoms with Crippen molar-refractivity contribution in [3.63, 3.8) is 0 Å². The SMILES string of the molecule is COc1ccc(C(=O)COC(=O)c2ccc(N3C(=O)CC(N4CCC(C(N)=O)CC4)C3=O)cc2)cc1OC. The third-order valence-electron chi connectivity index (χ3n) is 6.90. The fraction of sp³-hybridized carbons (Fsp3) is 0.370. The maximum absolute atomic E-state index is 13.1. The van der Waals surface area contributed by atoms with Crippen LogP contribution in [0.15, 0.2) is 42.5 Å². The van der Waals surface area contributed by atoms with Crippen LogP contribution >= 0.6 is 0 Å². The van der Waals surface area contributed by atoms with Gasteiger partial charge in [0.1, 0.15) is 0 Å². The van der Waals surface area contributed by atoms with Crippen molar-refractivity contribution >= 4 is 35.2 Å². The van der Waals surface area contributed by atoms with E-state index < -0.39 is 24.4 Å². The predicted octanol–water partition coefficient (Wildman–Crippen LogP) is 1.57. The molecule has 1 atom stereocenters. The number of nitrogens with two attached hydrogens (primary N) is 1. The van der Waals surface area contributed by atoms with Gasteiger partial charge in [-0.2, -0.15) is 0 Å². The smallest absolute Gasteiger partial charge is 0.338 e. The van der Waals surface area contributed by atoms with Gasteiger partial charge in [0.15, 0.2) is 23.9 Å². The first kappa shape index (κ1) is 26.8. The lowest BCUT2D eigenvalue weighted by Crippen LogP contribution is -2.47. The molecule has 0 spiro atoms. The summed E-state index contributed by atoms with van der Waals surface area (Å²) in [6.45, 7) is 0.545. The number of anilines is 1. The molecule has 2 aliphatic heterocycles. The van der Waals surface area contributed by atoms with Crippen LogP contribution in [0.1, 0.15) is 40.0 Å². The Morgan fingerprint density at radius 1 is 0.921 bits per heavy atom. The van der Waals surface area contributed by atoms with Crippen molar-refractivity contribution in [2.45, 2.75) is 25.3 Å². The van der Waals surface area contributed by atoms with Gasteiger partial charge in [-0.15, -0.1) is 0 Å². The first-order valence-corrected chi connectivity index (χ1v) is 12.2. The predicted molar refractivity (Wildman–Crippen MR) is 135 cm³/mol. The number of primary amides is 1. The molecule has 0 aromatic heterocycles. The minimum absolute atomic E-state index is 0.0438. The topological polar surface area (TPSA) is 146 Å². The van der Waals surface area contributed by atoms with Gasteiger partial charge < -0.3 is 19.9 Å². The first-order chi connectivity index (χ1) is 18.2. The molecule has 0 saturated carbocycles. The number of imide groups is 1. The number of Topliss-reactive ketones (excluding diaryl/α,β-unsaturated/α-hetero) is 1. The number of carbonyl (C=O) groups is 5. The second-order valence-corrected chi connectivity index (χ2v) is 9.12. The number of piperidine rings is 1. The van der Waals surface area contributed by atoms with Crippen LogP contribution in [0.2, 0.25) is 0 Å². The van der Waals surface area contributed by atoms with Gasteiger partial charge in [0.05, 0.1) is 37.9 Å². The van der Waals surface area contributed by atoms with E-state index in [1.165, 1.54) is 44.6 Å². The molecule has 11 nitrogen and oxygen atoms in total. The van der Waals surface area contributed by atoms with Crippen LogP contribution in [0.4, 0.5) is 5.69 Å². The third-order valence-corrected chi connectivity index (χ3v) is 6.90. The molecule has 2 aromatic carbocycles. The minimum Gasteiger partial charge on any atom is -0.493 e.